The molecule has 0 aliphatic heterocycles. The average Bonchev–Trinajstić information content (AvgIpc) is 3.15. The fourth-order valence-corrected chi connectivity index (χ4v) is 4.78. The summed E-state index contributed by atoms with van der Waals surface area (Å²) in [5.41, 5.74) is 8.25. The largest absolute Gasteiger partial charge is 4.00 e. The Kier molecular flexibility index (Phi) is 17.2. The van der Waals surface area contributed by atoms with Crippen LogP contribution in [0.2, 0.25) is 0 Å². The molecular formula is C26H33Cl2NOSiTi. The maximum Gasteiger partial charge on any atom is 4.00 e. The van der Waals surface area contributed by atoms with E-state index >= 15 is 0 Å². The van der Waals surface area contributed by atoms with E-state index in [1.807, 2.05) is 0 Å². The molecule has 2 aromatic rings. The number of benzene rings is 2. The van der Waals surface area contributed by atoms with Gasteiger partial charge in [0.05, 0.1) is 0 Å². The molecule has 1 fully saturated rings. The second-order valence-corrected chi connectivity index (χ2v) is 7.92. The van der Waals surface area contributed by atoms with E-state index in [-0.39, 0.29) is 61.4 Å². The van der Waals surface area contributed by atoms with Crippen LogP contribution in [0.5, 0.6) is 0 Å². The molecule has 0 atom stereocenters. The fraction of sp³-hybridized carbons (Fsp3) is 0.308. The maximum atomic E-state index is 10.1. The number of hydrogen-bond donors (Lipinski definition) is 0. The molecule has 2 nitrogen and oxygen atoms in total. The Morgan fingerprint density at radius 2 is 1.41 bits per heavy atom. The third-order valence-electron chi connectivity index (χ3n) is 5.68. The molecule has 0 bridgehead atoms. The van der Waals surface area contributed by atoms with Gasteiger partial charge in [0, 0.05) is 0 Å². The first-order chi connectivity index (χ1) is 13.4. The van der Waals surface area contributed by atoms with Gasteiger partial charge in [0.15, 0.2) is 9.57 Å². The first-order valence-electron chi connectivity index (χ1n) is 9.98. The summed E-state index contributed by atoms with van der Waals surface area (Å²) in [5, 5.41) is 0. The van der Waals surface area contributed by atoms with Crippen LogP contribution in [0.4, 0.5) is 0 Å². The van der Waals surface area contributed by atoms with Gasteiger partial charge in [-0.05, 0) is 12.0 Å². The van der Waals surface area contributed by atoms with Crippen molar-refractivity contribution in [3.63, 3.8) is 0 Å². The summed E-state index contributed by atoms with van der Waals surface area (Å²) in [4.78, 5) is 4.01. The minimum atomic E-state index is -0.846. The van der Waals surface area contributed by atoms with Gasteiger partial charge in [0.25, 0.3) is 0 Å². The van der Waals surface area contributed by atoms with Crippen molar-refractivity contribution in [3.8, 4) is 0 Å². The van der Waals surface area contributed by atoms with Gasteiger partial charge in [-0.3, -0.25) is 0 Å². The molecule has 0 amide bonds. The third kappa shape index (κ3) is 7.81. The van der Waals surface area contributed by atoms with E-state index in [0.29, 0.717) is 6.04 Å². The van der Waals surface area contributed by atoms with Crippen molar-refractivity contribution in [1.29, 1.82) is 0 Å². The van der Waals surface area contributed by atoms with Crippen molar-refractivity contribution in [2.75, 3.05) is 0 Å². The number of halogens is 2. The molecule has 0 N–H and O–H groups in total. The summed E-state index contributed by atoms with van der Waals surface area (Å²) in [7, 11) is -0.846. The number of rotatable bonds is 2. The van der Waals surface area contributed by atoms with Crippen LogP contribution in [0.1, 0.15) is 60.8 Å². The quantitative estimate of drug-likeness (QED) is 0.299. The molecule has 3 aliphatic rings. The Labute approximate surface area is 224 Å². The molecule has 0 radical (unpaired) electrons. The van der Waals surface area contributed by atoms with Gasteiger partial charge < -0.3 is 24.3 Å². The Morgan fingerprint density at radius 1 is 0.844 bits per heavy atom. The molecule has 170 valence electrons. The number of hydrogen-bond acceptors (Lipinski definition) is 1. The van der Waals surface area contributed by atoms with E-state index in [1.54, 1.807) is 0 Å². The van der Waals surface area contributed by atoms with Gasteiger partial charge in [0.2, 0.25) is 0 Å². The predicted octanol–water partition coefficient (Wildman–Crippen LogP) is 7.40. The van der Waals surface area contributed by atoms with Gasteiger partial charge in [0.1, 0.15) is 0 Å². The summed E-state index contributed by atoms with van der Waals surface area (Å²) in [6.45, 7) is 0. The molecule has 3 aliphatic carbocycles. The van der Waals surface area contributed by atoms with Crippen molar-refractivity contribution in [2.45, 2.75) is 51.0 Å². The summed E-state index contributed by atoms with van der Waals surface area (Å²) in [6.07, 6.45) is 14.1. The summed E-state index contributed by atoms with van der Waals surface area (Å²) in [5.74, 6) is 0. The molecule has 0 spiro atoms. The van der Waals surface area contributed by atoms with Crippen LogP contribution >= 0.6 is 24.8 Å². The van der Waals surface area contributed by atoms with Gasteiger partial charge in [-0.25, -0.2) is 0 Å². The Morgan fingerprint density at radius 3 is 2.03 bits per heavy atom. The molecule has 5 rings (SSSR count). The molecule has 0 saturated heterocycles. The molecular weight excluding hydrogens is 489 g/mol. The third-order valence-corrected chi connectivity index (χ3v) is 6.22. The normalized spacial score (nSPS) is 15.0. The molecule has 6 heteroatoms. The monoisotopic (exact) mass is 521 g/mol. The number of allylic oxidation sites excluding steroid dienone is 4. The summed E-state index contributed by atoms with van der Waals surface area (Å²) < 4.78 is 10.1. The van der Waals surface area contributed by atoms with Crippen LogP contribution in [-0.2, 0) is 32.6 Å². The molecule has 1 saturated carbocycles. The first-order valence-corrected chi connectivity index (χ1v) is 11.0. The van der Waals surface area contributed by atoms with Crippen LogP contribution < -0.4 is 0 Å². The molecule has 2 aromatic carbocycles. The zero-order chi connectivity index (χ0) is 18.5. The zero-order valence-corrected chi connectivity index (χ0v) is 23.3. The summed E-state index contributed by atoms with van der Waals surface area (Å²) >= 11 is 0. The van der Waals surface area contributed by atoms with Crippen molar-refractivity contribution < 1.29 is 26.2 Å². The predicted molar refractivity (Wildman–Crippen MR) is 140 cm³/mol. The van der Waals surface area contributed by atoms with E-state index in [4.69, 9.17) is 0 Å². The van der Waals surface area contributed by atoms with E-state index < -0.39 is 9.57 Å². The van der Waals surface area contributed by atoms with E-state index in [2.05, 4.69) is 65.7 Å². The molecule has 0 aromatic heterocycles. The Hall–Kier alpha value is -0.969. The Balaban J connectivity index is 0. The van der Waals surface area contributed by atoms with Crippen molar-refractivity contribution in [1.82, 2.24) is 0 Å². The topological polar surface area (TPSA) is 31.2 Å². The maximum absolute atomic E-state index is 10.1. The van der Waals surface area contributed by atoms with E-state index in [0.717, 1.165) is 12.8 Å². The van der Waals surface area contributed by atoms with Gasteiger partial charge >= 0.3 is 21.7 Å². The van der Waals surface area contributed by atoms with E-state index in [9.17, 15) is 4.46 Å². The second kappa shape index (κ2) is 16.6. The fourth-order valence-electron chi connectivity index (χ4n) is 4.31. The molecule has 32 heavy (non-hydrogen) atoms. The van der Waals surface area contributed by atoms with Crippen LogP contribution in [-0.4, -0.2) is 15.6 Å². The van der Waals surface area contributed by atoms with Crippen LogP contribution in [0, 0.1) is 20.9 Å². The van der Waals surface area contributed by atoms with Crippen molar-refractivity contribution in [2.24, 2.45) is 0 Å². The second-order valence-electron chi connectivity index (χ2n) is 7.41. The average molecular weight is 522 g/mol. The van der Waals surface area contributed by atoms with Crippen LogP contribution in [0.15, 0.2) is 54.6 Å². The minimum Gasteiger partial charge on any atom is -0.667 e. The van der Waals surface area contributed by atoms with Gasteiger partial charge in [-0.2, -0.15) is 11.6 Å². The van der Waals surface area contributed by atoms with Crippen molar-refractivity contribution in [3.05, 3.63) is 103 Å². The SMILES string of the molecule is Cl.Cl.O=[SiH][N-]C1CCCCC1.[C-]1=C2C(=CC1)c1ccccc1Cc1ccccc12.[CH3-].[CH3-].[Ti+4]. The Bertz CT molecular complexity index is 835. The van der Waals surface area contributed by atoms with Gasteiger partial charge in [-0.15, -0.1) is 54.1 Å². The summed E-state index contributed by atoms with van der Waals surface area (Å²) in [6, 6.07) is 17.9. The number of nitrogens with zero attached hydrogens (tertiary/aromatic N) is 1. The van der Waals surface area contributed by atoms with Crippen LogP contribution in [0.3, 0.4) is 0 Å². The van der Waals surface area contributed by atoms with Crippen molar-refractivity contribution >= 4 is 45.5 Å². The number of fused-ring (bicyclic) bond motifs is 5. The van der Waals surface area contributed by atoms with E-state index in [1.165, 1.54) is 65.5 Å². The zero-order valence-electron chi connectivity index (χ0n) is 19.0. The smallest absolute Gasteiger partial charge is 0.667 e. The molecule has 0 heterocycles. The minimum absolute atomic E-state index is 0. The molecule has 0 unspecified atom stereocenters. The first kappa shape index (κ1) is 33.2. The van der Waals surface area contributed by atoms with Crippen LogP contribution in [0.25, 0.3) is 16.1 Å². The van der Waals surface area contributed by atoms with Gasteiger partial charge in [-0.1, -0.05) is 92.1 Å². The standard InChI is InChI=1S/C18H13.C6H12NOSi.2CH3.2ClH.Ti/c1-3-8-15-13(6-1)12-14-7-2-4-9-16(14)18-11-5-10-17(15)18;8-9-7-6-4-2-1-3-5-6;;;;;/h1-4,6-10H,5,12H2;6,9H,1-5H2;2*1H3;2*1H;/q4*-1;;;+4.